The van der Waals surface area contributed by atoms with Crippen molar-refractivity contribution < 1.29 is 8.42 Å². The molecule has 24 heavy (non-hydrogen) atoms. The summed E-state index contributed by atoms with van der Waals surface area (Å²) in [5, 5.41) is 3.64. The molecule has 1 aliphatic heterocycles. The van der Waals surface area contributed by atoms with Crippen LogP contribution in [0.15, 0.2) is 46.0 Å². The minimum absolute atomic E-state index is 0.0369. The molecule has 1 N–H and O–H groups in total. The van der Waals surface area contributed by atoms with Gasteiger partial charge in [-0.25, -0.2) is 18.4 Å². The molecule has 1 atom stereocenters. The normalized spacial score (nSPS) is 19.2. The Kier molecular flexibility index (Phi) is 5.39. The van der Waals surface area contributed by atoms with Gasteiger partial charge in [0.15, 0.2) is 0 Å². The number of nitrogens with zero attached hydrogens (tertiary/aromatic N) is 3. The fraction of sp³-hybridized carbons (Fsp3) is 0.333. The Morgan fingerprint density at radius 3 is 2.54 bits per heavy atom. The van der Waals surface area contributed by atoms with Crippen LogP contribution in [0.4, 0.5) is 5.95 Å². The molecule has 6 nitrogen and oxygen atoms in total. The van der Waals surface area contributed by atoms with E-state index in [0.29, 0.717) is 29.0 Å². The maximum Gasteiger partial charge on any atom is 0.243 e. The number of piperidine rings is 1. The third-order valence-corrected chi connectivity index (χ3v) is 6.39. The minimum Gasteiger partial charge on any atom is -0.350 e. The molecule has 2 heterocycles. The first kappa shape index (κ1) is 17.6. The SMILES string of the molecule is O=S(=O)(c1ccc(Br)cc1)N1CCCC(Nc2ncc(Cl)cn2)C1. The summed E-state index contributed by atoms with van der Waals surface area (Å²) < 4.78 is 27.9. The predicted octanol–water partition coefficient (Wildman–Crippen LogP) is 3.16. The van der Waals surface area contributed by atoms with Gasteiger partial charge in [0.25, 0.3) is 0 Å². The molecule has 3 rings (SSSR count). The fourth-order valence-electron chi connectivity index (χ4n) is 2.60. The summed E-state index contributed by atoms with van der Waals surface area (Å²) in [5.74, 6) is 0.451. The van der Waals surface area contributed by atoms with Crippen LogP contribution in [-0.2, 0) is 10.0 Å². The zero-order valence-electron chi connectivity index (χ0n) is 12.7. The molecule has 1 aliphatic rings. The zero-order chi connectivity index (χ0) is 17.2. The van der Waals surface area contributed by atoms with Crippen molar-refractivity contribution in [3.05, 3.63) is 46.2 Å². The first-order valence-corrected chi connectivity index (χ1v) is 10.1. The van der Waals surface area contributed by atoms with E-state index in [1.165, 1.54) is 16.7 Å². The molecule has 0 aliphatic carbocycles. The summed E-state index contributed by atoms with van der Waals surface area (Å²) >= 11 is 9.09. The highest BCUT2D eigenvalue weighted by atomic mass is 79.9. The summed E-state index contributed by atoms with van der Waals surface area (Å²) in [6, 6.07) is 6.64. The van der Waals surface area contributed by atoms with E-state index >= 15 is 0 Å². The molecule has 0 radical (unpaired) electrons. The van der Waals surface area contributed by atoms with Crippen molar-refractivity contribution in [2.45, 2.75) is 23.8 Å². The summed E-state index contributed by atoms with van der Waals surface area (Å²) in [6.07, 6.45) is 4.66. The standard InChI is InChI=1S/C15H16BrClN4O2S/c16-11-3-5-14(6-4-11)24(22,23)21-7-1-2-13(10-21)20-15-18-8-12(17)9-19-15/h3-6,8-9,13H,1-2,7,10H2,(H,18,19,20). The van der Waals surface area contributed by atoms with E-state index < -0.39 is 10.0 Å². The lowest BCUT2D eigenvalue weighted by molar-refractivity contribution is 0.326. The Morgan fingerprint density at radius 2 is 1.88 bits per heavy atom. The van der Waals surface area contributed by atoms with Gasteiger partial charge in [-0.1, -0.05) is 27.5 Å². The minimum atomic E-state index is -3.50. The number of hydrogen-bond donors (Lipinski definition) is 1. The van der Waals surface area contributed by atoms with Gasteiger partial charge in [0.2, 0.25) is 16.0 Å². The van der Waals surface area contributed by atoms with Crippen molar-refractivity contribution in [3.8, 4) is 0 Å². The number of benzene rings is 1. The van der Waals surface area contributed by atoms with Gasteiger partial charge in [-0.15, -0.1) is 0 Å². The van der Waals surface area contributed by atoms with Crippen LogP contribution in [0, 0.1) is 0 Å². The highest BCUT2D eigenvalue weighted by Gasteiger charge is 2.30. The van der Waals surface area contributed by atoms with E-state index in [1.807, 2.05) is 0 Å². The van der Waals surface area contributed by atoms with Crippen LogP contribution in [0.1, 0.15) is 12.8 Å². The quantitative estimate of drug-likeness (QED) is 0.805. The van der Waals surface area contributed by atoms with Gasteiger partial charge >= 0.3 is 0 Å². The second-order valence-electron chi connectivity index (χ2n) is 5.53. The molecule has 0 spiro atoms. The fourth-order valence-corrected chi connectivity index (χ4v) is 4.49. The van der Waals surface area contributed by atoms with Crippen LogP contribution in [0.5, 0.6) is 0 Å². The van der Waals surface area contributed by atoms with Crippen LogP contribution >= 0.6 is 27.5 Å². The number of anilines is 1. The number of sulfonamides is 1. The highest BCUT2D eigenvalue weighted by Crippen LogP contribution is 2.23. The van der Waals surface area contributed by atoms with Gasteiger partial charge in [0, 0.05) is 23.6 Å². The molecule has 1 aromatic heterocycles. The van der Waals surface area contributed by atoms with Crippen molar-refractivity contribution in [1.29, 1.82) is 0 Å². The Hall–Kier alpha value is -1.22. The van der Waals surface area contributed by atoms with E-state index in [2.05, 4.69) is 31.2 Å². The van der Waals surface area contributed by atoms with Gasteiger partial charge in [0.05, 0.1) is 22.3 Å². The van der Waals surface area contributed by atoms with Crippen molar-refractivity contribution in [2.24, 2.45) is 0 Å². The van der Waals surface area contributed by atoms with Crippen molar-refractivity contribution in [3.63, 3.8) is 0 Å². The summed E-state index contributed by atoms with van der Waals surface area (Å²) in [5.41, 5.74) is 0. The Balaban J connectivity index is 1.72. The smallest absolute Gasteiger partial charge is 0.243 e. The van der Waals surface area contributed by atoms with Gasteiger partial charge < -0.3 is 5.32 Å². The average Bonchev–Trinajstić information content (AvgIpc) is 2.58. The monoisotopic (exact) mass is 430 g/mol. The molecule has 0 amide bonds. The molecule has 0 bridgehead atoms. The van der Waals surface area contributed by atoms with Gasteiger partial charge in [-0.3, -0.25) is 0 Å². The lowest BCUT2D eigenvalue weighted by Gasteiger charge is -2.32. The largest absolute Gasteiger partial charge is 0.350 e. The van der Waals surface area contributed by atoms with E-state index in [0.717, 1.165) is 17.3 Å². The molecule has 128 valence electrons. The van der Waals surface area contributed by atoms with Gasteiger partial charge in [-0.05, 0) is 37.1 Å². The van der Waals surface area contributed by atoms with E-state index in [-0.39, 0.29) is 6.04 Å². The summed E-state index contributed by atoms with van der Waals surface area (Å²) in [6.45, 7) is 0.891. The van der Waals surface area contributed by atoms with Crippen LogP contribution in [0.2, 0.25) is 5.02 Å². The molecule has 1 unspecified atom stereocenters. The topological polar surface area (TPSA) is 75.2 Å². The third-order valence-electron chi connectivity index (χ3n) is 3.79. The predicted molar refractivity (Wildman–Crippen MR) is 96.6 cm³/mol. The number of halogens is 2. The maximum atomic E-state index is 12.8. The Bertz CT molecular complexity index is 799. The van der Waals surface area contributed by atoms with E-state index in [1.54, 1.807) is 24.3 Å². The van der Waals surface area contributed by atoms with Crippen LogP contribution in [-0.4, -0.2) is 41.8 Å². The molecular weight excluding hydrogens is 416 g/mol. The molecule has 2 aromatic rings. The molecular formula is C15H16BrClN4O2S. The third kappa shape index (κ3) is 4.05. The first-order valence-electron chi connectivity index (χ1n) is 7.45. The second kappa shape index (κ2) is 7.35. The summed E-state index contributed by atoms with van der Waals surface area (Å²) in [7, 11) is -3.50. The summed E-state index contributed by atoms with van der Waals surface area (Å²) in [4.78, 5) is 8.50. The Morgan fingerprint density at radius 1 is 1.21 bits per heavy atom. The van der Waals surface area contributed by atoms with Crippen LogP contribution in [0.25, 0.3) is 0 Å². The number of nitrogens with one attached hydrogen (secondary N) is 1. The zero-order valence-corrected chi connectivity index (χ0v) is 15.9. The molecule has 9 heteroatoms. The van der Waals surface area contributed by atoms with Gasteiger partial charge in [-0.2, -0.15) is 4.31 Å². The molecule has 1 saturated heterocycles. The number of aromatic nitrogens is 2. The lowest BCUT2D eigenvalue weighted by atomic mass is 10.1. The van der Waals surface area contributed by atoms with Crippen molar-refractivity contribution in [1.82, 2.24) is 14.3 Å². The van der Waals surface area contributed by atoms with Gasteiger partial charge in [0.1, 0.15) is 0 Å². The lowest BCUT2D eigenvalue weighted by Crippen LogP contribution is -2.45. The van der Waals surface area contributed by atoms with Crippen molar-refractivity contribution >= 4 is 43.5 Å². The van der Waals surface area contributed by atoms with Crippen LogP contribution in [0.3, 0.4) is 0 Å². The number of rotatable bonds is 4. The number of hydrogen-bond acceptors (Lipinski definition) is 5. The Labute approximate surface area is 154 Å². The van der Waals surface area contributed by atoms with E-state index in [4.69, 9.17) is 11.6 Å². The second-order valence-corrected chi connectivity index (χ2v) is 8.82. The highest BCUT2D eigenvalue weighted by molar-refractivity contribution is 9.10. The maximum absolute atomic E-state index is 12.8. The molecule has 0 saturated carbocycles. The molecule has 1 fully saturated rings. The van der Waals surface area contributed by atoms with Crippen LogP contribution < -0.4 is 5.32 Å². The van der Waals surface area contributed by atoms with E-state index in [9.17, 15) is 8.42 Å². The molecule has 1 aromatic carbocycles. The first-order chi connectivity index (χ1) is 11.4. The van der Waals surface area contributed by atoms with Crippen molar-refractivity contribution in [2.75, 3.05) is 18.4 Å². The average molecular weight is 432 g/mol.